The van der Waals surface area contributed by atoms with Gasteiger partial charge in [-0.1, -0.05) is 12.8 Å². The van der Waals surface area contributed by atoms with Crippen molar-refractivity contribution in [2.45, 2.75) is 45.1 Å². The maximum Gasteiger partial charge on any atom is 0.341 e. The van der Waals surface area contributed by atoms with Gasteiger partial charge in [-0.05, 0) is 62.7 Å². The van der Waals surface area contributed by atoms with Crippen LogP contribution in [-0.4, -0.2) is 68.8 Å². The third kappa shape index (κ3) is 6.44. The topological polar surface area (TPSA) is 93.0 Å². The van der Waals surface area contributed by atoms with Gasteiger partial charge in [0.25, 0.3) is 0 Å². The van der Waals surface area contributed by atoms with Crippen molar-refractivity contribution in [1.29, 1.82) is 0 Å². The van der Waals surface area contributed by atoms with E-state index < -0.39 is 17.2 Å². The van der Waals surface area contributed by atoms with Crippen LogP contribution in [0.25, 0.3) is 10.9 Å². The number of aromatic nitrogens is 1. The molecule has 0 bridgehead atoms. The molecule has 1 aromatic carbocycles. The summed E-state index contributed by atoms with van der Waals surface area (Å²) in [6.07, 6.45) is 8.44. The molecule has 198 valence electrons. The fraction of sp³-hybridized carbons (Fsp3) is 0.630. The molecule has 2 fully saturated rings. The first kappa shape index (κ1) is 26.6. The first-order chi connectivity index (χ1) is 17.5. The molecule has 0 amide bonds. The Morgan fingerprint density at radius 1 is 1.08 bits per heavy atom. The van der Waals surface area contributed by atoms with E-state index in [1.165, 1.54) is 37.9 Å². The standard InChI is InChI=1S/C27H38FN3O5/c1-35-14-15-36-13-12-31-18-22(27(33)34)26(32)21-16-23(28)25(17-24(21)31)30-10-6-20(7-11-30)3-2-19-4-8-29-9-5-19/h16-20,29H,2-15H2,1H3,(H,33,34). The van der Waals surface area contributed by atoms with Crippen LogP contribution in [0.3, 0.4) is 0 Å². The number of nitrogens with one attached hydrogen (secondary N) is 1. The van der Waals surface area contributed by atoms with Crippen molar-refractivity contribution in [2.75, 3.05) is 58.0 Å². The number of anilines is 1. The number of rotatable bonds is 11. The quantitative estimate of drug-likeness (QED) is 0.454. The Hall–Kier alpha value is -2.49. The fourth-order valence-corrected chi connectivity index (χ4v) is 5.49. The highest BCUT2D eigenvalue weighted by molar-refractivity contribution is 5.93. The van der Waals surface area contributed by atoms with Gasteiger partial charge in [-0.25, -0.2) is 9.18 Å². The Labute approximate surface area is 211 Å². The third-order valence-electron chi connectivity index (χ3n) is 7.68. The summed E-state index contributed by atoms with van der Waals surface area (Å²) >= 11 is 0. The lowest BCUT2D eigenvalue weighted by Gasteiger charge is -2.35. The van der Waals surface area contributed by atoms with Crippen molar-refractivity contribution in [1.82, 2.24) is 9.88 Å². The van der Waals surface area contributed by atoms with Gasteiger partial charge in [-0.2, -0.15) is 0 Å². The molecular weight excluding hydrogens is 465 g/mol. The van der Waals surface area contributed by atoms with Crippen LogP contribution in [0.15, 0.2) is 23.1 Å². The molecule has 1 aromatic heterocycles. The van der Waals surface area contributed by atoms with Crippen LogP contribution in [0.4, 0.5) is 10.1 Å². The number of carbonyl (C=O) groups is 1. The van der Waals surface area contributed by atoms with Crippen LogP contribution < -0.4 is 15.6 Å². The number of hydrogen-bond acceptors (Lipinski definition) is 6. The van der Waals surface area contributed by atoms with E-state index in [0.29, 0.717) is 43.5 Å². The molecule has 2 aliphatic heterocycles. The maximum atomic E-state index is 15.2. The Kier molecular flexibility index (Phi) is 9.34. The molecule has 2 aromatic rings. The van der Waals surface area contributed by atoms with E-state index in [-0.39, 0.29) is 10.9 Å². The van der Waals surface area contributed by atoms with Crippen LogP contribution in [-0.2, 0) is 16.0 Å². The molecule has 9 heteroatoms. The molecular formula is C27H38FN3O5. The van der Waals surface area contributed by atoms with Gasteiger partial charge in [0.15, 0.2) is 0 Å². The number of piperidine rings is 2. The number of hydrogen-bond donors (Lipinski definition) is 2. The second-order valence-electron chi connectivity index (χ2n) is 10.00. The Bertz CT molecular complexity index is 1090. The molecule has 0 saturated carbocycles. The van der Waals surface area contributed by atoms with Crippen LogP contribution >= 0.6 is 0 Å². The molecule has 2 N–H and O–H groups in total. The van der Waals surface area contributed by atoms with E-state index in [0.717, 1.165) is 44.9 Å². The SMILES string of the molecule is COCCOCCn1cc(C(=O)O)c(=O)c2cc(F)c(N3CCC(CCC4CCNCC4)CC3)cc21. The highest BCUT2D eigenvalue weighted by atomic mass is 19.1. The van der Waals surface area contributed by atoms with Gasteiger partial charge < -0.3 is 29.4 Å². The number of pyridine rings is 1. The molecule has 0 spiro atoms. The van der Waals surface area contributed by atoms with Gasteiger partial charge in [0.2, 0.25) is 5.43 Å². The smallest absolute Gasteiger partial charge is 0.341 e. The minimum Gasteiger partial charge on any atom is -0.477 e. The lowest BCUT2D eigenvalue weighted by atomic mass is 9.85. The lowest BCUT2D eigenvalue weighted by Crippen LogP contribution is -2.35. The molecule has 0 atom stereocenters. The number of benzene rings is 1. The van der Waals surface area contributed by atoms with E-state index in [9.17, 15) is 14.7 Å². The minimum atomic E-state index is -1.33. The van der Waals surface area contributed by atoms with E-state index in [1.54, 1.807) is 17.7 Å². The number of methoxy groups -OCH3 is 1. The predicted molar refractivity (Wildman–Crippen MR) is 138 cm³/mol. The second kappa shape index (κ2) is 12.7. The monoisotopic (exact) mass is 503 g/mol. The van der Waals surface area contributed by atoms with E-state index in [2.05, 4.69) is 10.2 Å². The number of nitrogens with zero attached hydrogens (tertiary/aromatic N) is 2. The summed E-state index contributed by atoms with van der Waals surface area (Å²) in [5, 5.41) is 13.0. The molecule has 8 nitrogen and oxygen atoms in total. The van der Waals surface area contributed by atoms with Gasteiger partial charge in [-0.15, -0.1) is 0 Å². The first-order valence-electron chi connectivity index (χ1n) is 13.1. The highest BCUT2D eigenvalue weighted by Gasteiger charge is 2.24. The number of carboxylic acid groups (broad SMARTS) is 1. The van der Waals surface area contributed by atoms with Crippen LogP contribution in [0.5, 0.6) is 0 Å². The van der Waals surface area contributed by atoms with Crippen molar-refractivity contribution in [3.63, 3.8) is 0 Å². The summed E-state index contributed by atoms with van der Waals surface area (Å²) in [7, 11) is 1.59. The number of fused-ring (bicyclic) bond motifs is 1. The lowest BCUT2D eigenvalue weighted by molar-refractivity contribution is 0.0663. The normalized spacial score (nSPS) is 17.7. The number of carboxylic acids is 1. The maximum absolute atomic E-state index is 15.2. The molecule has 36 heavy (non-hydrogen) atoms. The minimum absolute atomic E-state index is 0.0740. The van der Waals surface area contributed by atoms with Gasteiger partial charge in [-0.3, -0.25) is 4.79 Å². The molecule has 2 aliphatic rings. The van der Waals surface area contributed by atoms with Gasteiger partial charge in [0.05, 0.1) is 31.0 Å². The second-order valence-corrected chi connectivity index (χ2v) is 10.00. The van der Waals surface area contributed by atoms with Crippen molar-refractivity contribution in [3.8, 4) is 0 Å². The molecule has 3 heterocycles. The summed E-state index contributed by atoms with van der Waals surface area (Å²) in [5.41, 5.74) is -0.0576. The third-order valence-corrected chi connectivity index (χ3v) is 7.68. The summed E-state index contributed by atoms with van der Waals surface area (Å²) < 4.78 is 27.5. The molecule has 0 radical (unpaired) electrons. The summed E-state index contributed by atoms with van der Waals surface area (Å²) in [5.74, 6) is -0.321. The summed E-state index contributed by atoms with van der Waals surface area (Å²) in [4.78, 5) is 26.5. The number of aromatic carboxylic acids is 1. The Morgan fingerprint density at radius 3 is 2.44 bits per heavy atom. The van der Waals surface area contributed by atoms with Gasteiger partial charge in [0.1, 0.15) is 11.4 Å². The summed E-state index contributed by atoms with van der Waals surface area (Å²) in [6, 6.07) is 2.90. The molecule has 4 rings (SSSR count). The van der Waals surface area contributed by atoms with Crippen molar-refractivity contribution in [3.05, 3.63) is 39.9 Å². The number of halogens is 1. The van der Waals surface area contributed by atoms with Crippen molar-refractivity contribution in [2.24, 2.45) is 11.8 Å². The van der Waals surface area contributed by atoms with E-state index >= 15 is 4.39 Å². The van der Waals surface area contributed by atoms with Crippen LogP contribution in [0.1, 0.15) is 48.9 Å². The fourth-order valence-electron chi connectivity index (χ4n) is 5.49. The Balaban J connectivity index is 1.49. The summed E-state index contributed by atoms with van der Waals surface area (Å²) in [6.45, 7) is 5.32. The van der Waals surface area contributed by atoms with Crippen molar-refractivity contribution >= 4 is 22.6 Å². The van der Waals surface area contributed by atoms with Crippen molar-refractivity contribution < 1.29 is 23.8 Å². The van der Waals surface area contributed by atoms with Crippen LogP contribution in [0, 0.1) is 17.7 Å². The zero-order chi connectivity index (χ0) is 25.5. The molecule has 2 saturated heterocycles. The number of ether oxygens (including phenoxy) is 2. The van der Waals surface area contributed by atoms with Crippen LogP contribution in [0.2, 0.25) is 0 Å². The Morgan fingerprint density at radius 2 is 1.78 bits per heavy atom. The van der Waals surface area contributed by atoms with E-state index in [4.69, 9.17) is 9.47 Å². The zero-order valence-electron chi connectivity index (χ0n) is 21.1. The average molecular weight is 504 g/mol. The predicted octanol–water partition coefficient (Wildman–Crippen LogP) is 3.50. The molecule has 0 unspecified atom stereocenters. The largest absolute Gasteiger partial charge is 0.477 e. The van der Waals surface area contributed by atoms with Gasteiger partial charge >= 0.3 is 5.97 Å². The average Bonchev–Trinajstić information content (AvgIpc) is 2.89. The first-order valence-corrected chi connectivity index (χ1v) is 13.1. The molecule has 0 aliphatic carbocycles. The van der Waals surface area contributed by atoms with Gasteiger partial charge in [0, 0.05) is 38.3 Å². The zero-order valence-corrected chi connectivity index (χ0v) is 21.1. The highest BCUT2D eigenvalue weighted by Crippen LogP contribution is 2.32. The van der Waals surface area contributed by atoms with E-state index in [1.807, 2.05) is 0 Å².